The predicted molar refractivity (Wildman–Crippen MR) is 77.6 cm³/mol. The first-order chi connectivity index (χ1) is 10.2. The van der Waals surface area contributed by atoms with E-state index in [1.165, 1.54) is 12.8 Å². The molecule has 116 valence electrons. The number of ether oxygens (including phenoxy) is 1. The van der Waals surface area contributed by atoms with E-state index in [2.05, 4.69) is 10.2 Å². The van der Waals surface area contributed by atoms with Crippen molar-refractivity contribution in [3.8, 4) is 5.75 Å². The number of rotatable bonds is 6. The van der Waals surface area contributed by atoms with Crippen LogP contribution in [0.25, 0.3) is 0 Å². The number of halogens is 2. The SMILES string of the molecule is FC(F)Oc1ccccc1[C@@H](CC1CC1)N1CCNCC1. The molecule has 1 N–H and O–H groups in total. The average molecular weight is 296 g/mol. The van der Waals surface area contributed by atoms with Crippen molar-refractivity contribution in [2.75, 3.05) is 26.2 Å². The Morgan fingerprint density at radius 1 is 1.19 bits per heavy atom. The van der Waals surface area contributed by atoms with Crippen LogP contribution in [-0.2, 0) is 0 Å². The molecule has 1 aromatic carbocycles. The number of nitrogens with zero attached hydrogens (tertiary/aromatic N) is 1. The summed E-state index contributed by atoms with van der Waals surface area (Å²) in [7, 11) is 0. The molecule has 3 nitrogen and oxygen atoms in total. The minimum atomic E-state index is -2.77. The fourth-order valence-electron chi connectivity index (χ4n) is 3.09. The molecule has 21 heavy (non-hydrogen) atoms. The first-order valence-corrected chi connectivity index (χ1v) is 7.72. The fraction of sp³-hybridized carbons (Fsp3) is 0.625. The highest BCUT2D eigenvalue weighted by atomic mass is 19.3. The van der Waals surface area contributed by atoms with Gasteiger partial charge >= 0.3 is 6.61 Å². The lowest BCUT2D eigenvalue weighted by Gasteiger charge is -2.36. The zero-order chi connectivity index (χ0) is 14.7. The third kappa shape index (κ3) is 3.92. The van der Waals surface area contributed by atoms with Gasteiger partial charge < -0.3 is 10.1 Å². The maximum absolute atomic E-state index is 12.6. The highest BCUT2D eigenvalue weighted by molar-refractivity contribution is 5.36. The van der Waals surface area contributed by atoms with Gasteiger partial charge in [-0.1, -0.05) is 31.0 Å². The summed E-state index contributed by atoms with van der Waals surface area (Å²) in [4.78, 5) is 2.41. The second-order valence-electron chi connectivity index (χ2n) is 5.90. The molecule has 0 aromatic heterocycles. The smallest absolute Gasteiger partial charge is 0.387 e. The van der Waals surface area contributed by atoms with Gasteiger partial charge in [-0.25, -0.2) is 0 Å². The van der Waals surface area contributed by atoms with Crippen molar-refractivity contribution in [3.63, 3.8) is 0 Å². The van der Waals surface area contributed by atoms with Gasteiger partial charge in [-0.15, -0.1) is 0 Å². The van der Waals surface area contributed by atoms with E-state index in [0.717, 1.165) is 44.1 Å². The molecule has 1 atom stereocenters. The topological polar surface area (TPSA) is 24.5 Å². The maximum atomic E-state index is 12.6. The molecule has 1 saturated heterocycles. The van der Waals surface area contributed by atoms with Crippen LogP contribution >= 0.6 is 0 Å². The summed E-state index contributed by atoms with van der Waals surface area (Å²) in [6.45, 7) is 1.06. The Morgan fingerprint density at radius 3 is 2.57 bits per heavy atom. The van der Waals surface area contributed by atoms with Crippen LogP contribution in [0.2, 0.25) is 0 Å². The summed E-state index contributed by atoms with van der Waals surface area (Å²) >= 11 is 0. The van der Waals surface area contributed by atoms with Gasteiger partial charge in [0, 0.05) is 37.8 Å². The van der Waals surface area contributed by atoms with Crippen LogP contribution < -0.4 is 10.1 Å². The Hall–Kier alpha value is -1.20. The Balaban J connectivity index is 1.83. The number of hydrogen-bond donors (Lipinski definition) is 1. The van der Waals surface area contributed by atoms with E-state index in [9.17, 15) is 8.78 Å². The molecule has 1 saturated carbocycles. The largest absolute Gasteiger partial charge is 0.434 e. The Bertz CT molecular complexity index is 459. The molecule has 1 aliphatic heterocycles. The fourth-order valence-corrected chi connectivity index (χ4v) is 3.09. The van der Waals surface area contributed by atoms with Gasteiger partial charge in [0.2, 0.25) is 0 Å². The van der Waals surface area contributed by atoms with Crippen molar-refractivity contribution in [1.29, 1.82) is 0 Å². The lowest BCUT2D eigenvalue weighted by molar-refractivity contribution is -0.0513. The van der Waals surface area contributed by atoms with Crippen molar-refractivity contribution in [2.45, 2.75) is 31.9 Å². The number of para-hydroxylation sites is 1. The number of piperazine rings is 1. The number of nitrogens with one attached hydrogen (secondary N) is 1. The summed E-state index contributed by atoms with van der Waals surface area (Å²) in [6.07, 6.45) is 3.57. The van der Waals surface area contributed by atoms with E-state index in [1.807, 2.05) is 12.1 Å². The molecule has 1 heterocycles. The predicted octanol–water partition coefficient (Wildman–Crippen LogP) is 3.03. The van der Waals surface area contributed by atoms with Crippen molar-refractivity contribution in [3.05, 3.63) is 29.8 Å². The summed E-state index contributed by atoms with van der Waals surface area (Å²) in [5.41, 5.74) is 0.909. The number of alkyl halides is 2. The van der Waals surface area contributed by atoms with Gasteiger partial charge in [0.1, 0.15) is 5.75 Å². The Morgan fingerprint density at radius 2 is 1.90 bits per heavy atom. The molecule has 5 heteroatoms. The van der Waals surface area contributed by atoms with Crippen LogP contribution in [0.4, 0.5) is 8.78 Å². The van der Waals surface area contributed by atoms with E-state index in [-0.39, 0.29) is 6.04 Å². The van der Waals surface area contributed by atoms with Gasteiger partial charge in [0.05, 0.1) is 0 Å². The number of hydrogen-bond acceptors (Lipinski definition) is 3. The van der Waals surface area contributed by atoms with Gasteiger partial charge in [-0.3, -0.25) is 4.90 Å². The zero-order valence-corrected chi connectivity index (χ0v) is 12.1. The van der Waals surface area contributed by atoms with Gasteiger partial charge in [0.15, 0.2) is 0 Å². The molecule has 2 fully saturated rings. The lowest BCUT2D eigenvalue weighted by Crippen LogP contribution is -2.45. The minimum Gasteiger partial charge on any atom is -0.434 e. The molecule has 0 amide bonds. The third-order valence-electron chi connectivity index (χ3n) is 4.34. The summed E-state index contributed by atoms with van der Waals surface area (Å²) in [6, 6.07) is 7.45. The number of benzene rings is 1. The van der Waals surface area contributed by atoms with Crippen LogP contribution in [-0.4, -0.2) is 37.7 Å². The van der Waals surface area contributed by atoms with Gasteiger partial charge in [-0.05, 0) is 18.4 Å². The molecule has 0 spiro atoms. The molecular weight excluding hydrogens is 274 g/mol. The van der Waals surface area contributed by atoms with E-state index in [4.69, 9.17) is 4.74 Å². The van der Waals surface area contributed by atoms with Crippen LogP contribution in [0, 0.1) is 5.92 Å². The highest BCUT2D eigenvalue weighted by Crippen LogP contribution is 2.42. The van der Waals surface area contributed by atoms with Gasteiger partial charge in [-0.2, -0.15) is 8.78 Å². The molecule has 1 aliphatic carbocycles. The average Bonchev–Trinajstić information content (AvgIpc) is 3.30. The molecular formula is C16H22F2N2O. The van der Waals surface area contributed by atoms with Crippen molar-refractivity contribution < 1.29 is 13.5 Å². The quantitative estimate of drug-likeness (QED) is 0.873. The van der Waals surface area contributed by atoms with Crippen LogP contribution in [0.3, 0.4) is 0 Å². The molecule has 0 unspecified atom stereocenters. The zero-order valence-electron chi connectivity index (χ0n) is 12.1. The molecule has 0 bridgehead atoms. The van der Waals surface area contributed by atoms with Crippen LogP contribution in [0.5, 0.6) is 5.75 Å². The van der Waals surface area contributed by atoms with E-state index >= 15 is 0 Å². The molecule has 3 rings (SSSR count). The second-order valence-corrected chi connectivity index (χ2v) is 5.90. The highest BCUT2D eigenvalue weighted by Gasteiger charge is 2.32. The summed E-state index contributed by atoms with van der Waals surface area (Å²) in [5, 5.41) is 3.34. The first kappa shape index (κ1) is 14.7. The van der Waals surface area contributed by atoms with E-state index in [0.29, 0.717) is 5.75 Å². The summed E-state index contributed by atoms with van der Waals surface area (Å²) < 4.78 is 30.0. The van der Waals surface area contributed by atoms with Gasteiger partial charge in [0.25, 0.3) is 0 Å². The standard InChI is InChI=1S/C16H22F2N2O/c17-16(18)21-15-4-2-1-3-13(15)14(11-12-5-6-12)20-9-7-19-8-10-20/h1-4,12,14,16,19H,5-11H2/t14-/m1/s1. The van der Waals surface area contributed by atoms with Crippen molar-refractivity contribution in [1.82, 2.24) is 10.2 Å². The van der Waals surface area contributed by atoms with Crippen LogP contribution in [0.15, 0.2) is 24.3 Å². The van der Waals surface area contributed by atoms with Crippen molar-refractivity contribution >= 4 is 0 Å². The first-order valence-electron chi connectivity index (χ1n) is 7.72. The molecule has 1 aromatic rings. The Kier molecular flexibility index (Phi) is 4.70. The summed E-state index contributed by atoms with van der Waals surface area (Å²) in [5.74, 6) is 1.07. The molecule has 0 radical (unpaired) electrons. The van der Waals surface area contributed by atoms with E-state index < -0.39 is 6.61 Å². The van der Waals surface area contributed by atoms with E-state index in [1.54, 1.807) is 12.1 Å². The minimum absolute atomic E-state index is 0.189. The molecule has 2 aliphatic rings. The maximum Gasteiger partial charge on any atom is 0.387 e. The van der Waals surface area contributed by atoms with Crippen molar-refractivity contribution in [2.24, 2.45) is 5.92 Å². The third-order valence-corrected chi connectivity index (χ3v) is 4.34. The normalized spacial score (nSPS) is 21.5. The Labute approximate surface area is 124 Å². The monoisotopic (exact) mass is 296 g/mol. The lowest BCUT2D eigenvalue weighted by atomic mass is 9.97. The van der Waals surface area contributed by atoms with Crippen LogP contribution in [0.1, 0.15) is 30.9 Å². The second kappa shape index (κ2) is 6.71.